The van der Waals surface area contributed by atoms with Crippen LogP contribution in [0.3, 0.4) is 0 Å². The van der Waals surface area contributed by atoms with Crippen molar-refractivity contribution in [3.63, 3.8) is 0 Å². The third-order valence-electron chi connectivity index (χ3n) is 2.93. The first-order chi connectivity index (χ1) is 8.34. The van der Waals surface area contributed by atoms with Gasteiger partial charge in [0.15, 0.2) is 0 Å². The zero-order chi connectivity index (χ0) is 11.7. The van der Waals surface area contributed by atoms with Crippen LogP contribution in [-0.4, -0.2) is 29.8 Å². The van der Waals surface area contributed by atoms with E-state index in [1.54, 1.807) is 3.96 Å². The van der Waals surface area contributed by atoms with Crippen molar-refractivity contribution in [3.05, 3.63) is 34.6 Å². The van der Waals surface area contributed by atoms with Gasteiger partial charge in [0.1, 0.15) is 0 Å². The van der Waals surface area contributed by atoms with Crippen molar-refractivity contribution in [3.8, 4) is 0 Å². The van der Waals surface area contributed by atoms with Gasteiger partial charge in [0.05, 0.1) is 29.3 Å². The molecule has 1 saturated heterocycles. The molecule has 1 aromatic heterocycles. The van der Waals surface area contributed by atoms with Gasteiger partial charge in [0.2, 0.25) is 0 Å². The van der Waals surface area contributed by atoms with Crippen molar-refractivity contribution in [1.82, 2.24) is 9.27 Å². The highest BCUT2D eigenvalue weighted by Gasteiger charge is 2.16. The Hall–Kier alpha value is -1.17. The van der Waals surface area contributed by atoms with Gasteiger partial charge >= 0.3 is 0 Å². The van der Waals surface area contributed by atoms with E-state index in [4.69, 9.17) is 4.74 Å². The number of morpholine rings is 1. The topological polar surface area (TPSA) is 43.3 Å². The molecule has 2 aromatic rings. The lowest BCUT2D eigenvalue weighted by atomic mass is 10.3. The minimum Gasteiger partial charge on any atom is -0.374 e. The molecule has 0 spiro atoms. The Morgan fingerprint density at radius 2 is 2.35 bits per heavy atom. The van der Waals surface area contributed by atoms with E-state index in [0.717, 1.165) is 29.8 Å². The molecule has 5 heteroatoms. The van der Waals surface area contributed by atoms with Crippen LogP contribution in [0.2, 0.25) is 0 Å². The van der Waals surface area contributed by atoms with Crippen molar-refractivity contribution in [1.29, 1.82) is 0 Å². The van der Waals surface area contributed by atoms with E-state index in [1.165, 1.54) is 11.5 Å². The standard InChI is InChI=1S/C12H14N2O2S/c15-12-10-3-1-2-4-11(10)17-14(12)8-9-7-13-5-6-16-9/h1-4,9,13H,5-8H2. The minimum atomic E-state index is 0.0970. The highest BCUT2D eigenvalue weighted by atomic mass is 32.1. The second kappa shape index (κ2) is 4.60. The van der Waals surface area contributed by atoms with Crippen molar-refractivity contribution < 1.29 is 4.74 Å². The predicted molar refractivity (Wildman–Crippen MR) is 68.7 cm³/mol. The van der Waals surface area contributed by atoms with Crippen LogP contribution in [0.1, 0.15) is 0 Å². The number of nitrogens with one attached hydrogen (secondary N) is 1. The van der Waals surface area contributed by atoms with Gasteiger partial charge in [0, 0.05) is 13.1 Å². The highest BCUT2D eigenvalue weighted by Crippen LogP contribution is 2.16. The summed E-state index contributed by atoms with van der Waals surface area (Å²) < 4.78 is 8.45. The van der Waals surface area contributed by atoms with Crippen LogP contribution < -0.4 is 10.9 Å². The molecule has 1 fully saturated rings. The van der Waals surface area contributed by atoms with Gasteiger partial charge in [-0.25, -0.2) is 0 Å². The molecule has 0 aliphatic carbocycles. The summed E-state index contributed by atoms with van der Waals surface area (Å²) >= 11 is 1.51. The second-order valence-electron chi connectivity index (χ2n) is 4.15. The molecule has 90 valence electrons. The molecule has 1 aliphatic heterocycles. The molecule has 4 nitrogen and oxygen atoms in total. The smallest absolute Gasteiger partial charge is 0.268 e. The molecule has 1 aromatic carbocycles. The van der Waals surface area contributed by atoms with Crippen molar-refractivity contribution >= 4 is 21.6 Å². The van der Waals surface area contributed by atoms with Gasteiger partial charge in [-0.15, -0.1) is 0 Å². The van der Waals surface area contributed by atoms with E-state index in [-0.39, 0.29) is 11.7 Å². The molecule has 2 heterocycles. The van der Waals surface area contributed by atoms with Crippen LogP contribution in [-0.2, 0) is 11.3 Å². The number of fused-ring (bicyclic) bond motifs is 1. The van der Waals surface area contributed by atoms with Crippen LogP contribution >= 0.6 is 11.5 Å². The summed E-state index contributed by atoms with van der Waals surface area (Å²) in [6.07, 6.45) is 0.106. The van der Waals surface area contributed by atoms with E-state index in [1.807, 2.05) is 24.3 Å². The number of benzene rings is 1. The Bertz CT molecular complexity index is 569. The number of ether oxygens (including phenoxy) is 1. The van der Waals surface area contributed by atoms with Crippen LogP contribution in [0.25, 0.3) is 10.1 Å². The number of hydrogen-bond acceptors (Lipinski definition) is 4. The first-order valence-electron chi connectivity index (χ1n) is 5.76. The van der Waals surface area contributed by atoms with Crippen LogP contribution in [0.5, 0.6) is 0 Å². The quantitative estimate of drug-likeness (QED) is 0.866. The van der Waals surface area contributed by atoms with Crippen LogP contribution in [0.15, 0.2) is 29.1 Å². The summed E-state index contributed by atoms with van der Waals surface area (Å²) in [7, 11) is 0. The molecular weight excluding hydrogens is 236 g/mol. The molecule has 1 N–H and O–H groups in total. The maximum atomic E-state index is 12.1. The van der Waals surface area contributed by atoms with E-state index in [2.05, 4.69) is 5.32 Å². The lowest BCUT2D eigenvalue weighted by molar-refractivity contribution is 0.0195. The Morgan fingerprint density at radius 3 is 3.12 bits per heavy atom. The van der Waals surface area contributed by atoms with Gasteiger partial charge in [-0.1, -0.05) is 23.7 Å². The van der Waals surface area contributed by atoms with E-state index >= 15 is 0 Å². The Balaban J connectivity index is 1.89. The zero-order valence-electron chi connectivity index (χ0n) is 9.39. The Labute approximate surface area is 103 Å². The molecule has 17 heavy (non-hydrogen) atoms. The molecule has 0 amide bonds. The number of rotatable bonds is 2. The van der Waals surface area contributed by atoms with E-state index in [0.29, 0.717) is 6.54 Å². The number of nitrogens with zero attached hydrogens (tertiary/aromatic N) is 1. The SMILES string of the molecule is O=c1c2ccccc2sn1CC1CNCCO1. The van der Waals surface area contributed by atoms with Gasteiger partial charge in [0.25, 0.3) is 5.56 Å². The van der Waals surface area contributed by atoms with E-state index < -0.39 is 0 Å². The van der Waals surface area contributed by atoms with Gasteiger partial charge in [-0.2, -0.15) is 0 Å². The fourth-order valence-electron chi connectivity index (χ4n) is 2.06. The maximum absolute atomic E-state index is 12.1. The largest absolute Gasteiger partial charge is 0.374 e. The molecule has 1 atom stereocenters. The predicted octanol–water partition coefficient (Wildman–Crippen LogP) is 1.05. The summed E-state index contributed by atoms with van der Waals surface area (Å²) in [4.78, 5) is 12.1. The van der Waals surface area contributed by atoms with Gasteiger partial charge in [-0.05, 0) is 12.1 Å². The highest BCUT2D eigenvalue weighted by molar-refractivity contribution is 7.13. The third-order valence-corrected chi connectivity index (χ3v) is 4.01. The normalized spacial score (nSPS) is 20.8. The zero-order valence-corrected chi connectivity index (χ0v) is 10.2. The minimum absolute atomic E-state index is 0.0970. The summed E-state index contributed by atoms with van der Waals surface area (Å²) in [5, 5.41) is 4.08. The van der Waals surface area contributed by atoms with Gasteiger partial charge in [-0.3, -0.25) is 8.75 Å². The van der Waals surface area contributed by atoms with Crippen LogP contribution in [0.4, 0.5) is 0 Å². The van der Waals surface area contributed by atoms with E-state index in [9.17, 15) is 4.79 Å². The summed E-state index contributed by atoms with van der Waals surface area (Å²) in [5.74, 6) is 0. The van der Waals surface area contributed by atoms with Gasteiger partial charge < -0.3 is 10.1 Å². The molecule has 0 bridgehead atoms. The summed E-state index contributed by atoms with van der Waals surface area (Å²) in [5.41, 5.74) is 0.0970. The monoisotopic (exact) mass is 250 g/mol. The average molecular weight is 250 g/mol. The molecule has 0 radical (unpaired) electrons. The third kappa shape index (κ3) is 2.13. The van der Waals surface area contributed by atoms with Crippen LogP contribution in [0, 0.1) is 0 Å². The fourth-order valence-corrected chi connectivity index (χ4v) is 3.11. The Kier molecular flexibility index (Phi) is 2.96. The molecule has 3 rings (SSSR count). The Morgan fingerprint density at radius 1 is 1.47 bits per heavy atom. The summed E-state index contributed by atoms with van der Waals surface area (Å²) in [6.45, 7) is 3.09. The molecule has 1 aliphatic rings. The van der Waals surface area contributed by atoms with Crippen molar-refractivity contribution in [2.75, 3.05) is 19.7 Å². The molecule has 0 saturated carbocycles. The fraction of sp³-hybridized carbons (Fsp3) is 0.417. The first kappa shape index (κ1) is 11.0. The lowest BCUT2D eigenvalue weighted by Gasteiger charge is -2.23. The maximum Gasteiger partial charge on any atom is 0.268 e. The lowest BCUT2D eigenvalue weighted by Crippen LogP contribution is -2.41. The molecule has 1 unspecified atom stereocenters. The molecular formula is C12H14N2O2S. The first-order valence-corrected chi connectivity index (χ1v) is 6.53. The van der Waals surface area contributed by atoms with Crippen molar-refractivity contribution in [2.24, 2.45) is 0 Å². The van der Waals surface area contributed by atoms with Crippen molar-refractivity contribution in [2.45, 2.75) is 12.6 Å². The summed E-state index contributed by atoms with van der Waals surface area (Å²) in [6, 6.07) is 7.73. The number of hydrogen-bond donors (Lipinski definition) is 1. The average Bonchev–Trinajstić information content (AvgIpc) is 2.68. The second-order valence-corrected chi connectivity index (χ2v) is 5.21. The number of aromatic nitrogens is 1.